The van der Waals surface area contributed by atoms with Crippen LogP contribution < -0.4 is 16.8 Å². The molecule has 1 heterocycles. The van der Waals surface area contributed by atoms with Gasteiger partial charge in [0.05, 0.1) is 15.5 Å². The largest absolute Gasteiger partial charge is 0.364 e. The Bertz CT molecular complexity index is 1290. The van der Waals surface area contributed by atoms with Crippen molar-refractivity contribution < 1.29 is 18.9 Å². The van der Waals surface area contributed by atoms with E-state index in [-0.39, 0.29) is 52.4 Å². The maximum Gasteiger partial charge on any atom is 0.273 e. The number of aromatic nitrogens is 2. The van der Waals surface area contributed by atoms with E-state index < -0.39 is 22.6 Å². The number of primary amides is 1. The number of hydrogen-bond donors (Lipinski definition) is 3. The lowest BCUT2D eigenvalue weighted by Gasteiger charge is -2.32. The van der Waals surface area contributed by atoms with E-state index in [0.717, 1.165) is 0 Å². The number of carbonyl (C=O) groups excluding carboxylic acids is 2. The number of nitro benzene ring substituents is 1. The third-order valence-corrected chi connectivity index (χ3v) is 6.04. The lowest BCUT2D eigenvalue weighted by Crippen LogP contribution is -2.35. The van der Waals surface area contributed by atoms with Gasteiger partial charge in [0.1, 0.15) is 12.4 Å². The second-order valence-corrected chi connectivity index (χ2v) is 8.35. The molecule has 0 radical (unpaired) electrons. The molecule has 2 amide bonds. The van der Waals surface area contributed by atoms with Crippen LogP contribution in [0.3, 0.4) is 0 Å². The highest BCUT2D eigenvalue weighted by molar-refractivity contribution is 6.30. The zero-order valence-electron chi connectivity index (χ0n) is 17.3. The Labute approximate surface area is 191 Å². The predicted molar refractivity (Wildman–Crippen MR) is 118 cm³/mol. The maximum atomic E-state index is 14.1. The minimum atomic E-state index is -0.870. The number of fused-ring (bicyclic) bond motifs is 1. The lowest BCUT2D eigenvalue weighted by atomic mass is 9.74. The molecule has 1 aromatic heterocycles. The molecule has 0 atom stereocenters. The Morgan fingerprint density at radius 1 is 1.30 bits per heavy atom. The summed E-state index contributed by atoms with van der Waals surface area (Å²) in [5.74, 6) is -2.24. The zero-order valence-corrected chi connectivity index (χ0v) is 18.0. The number of nitrogens with zero attached hydrogens (tertiary/aromatic N) is 3. The van der Waals surface area contributed by atoms with Gasteiger partial charge in [-0.3, -0.25) is 24.4 Å². The average molecular weight is 475 g/mol. The van der Waals surface area contributed by atoms with Gasteiger partial charge in [0, 0.05) is 35.2 Å². The van der Waals surface area contributed by atoms with E-state index in [1.54, 1.807) is 6.07 Å². The van der Waals surface area contributed by atoms with Crippen molar-refractivity contribution in [3.63, 3.8) is 0 Å². The van der Waals surface area contributed by atoms with Crippen LogP contribution in [0.1, 0.15) is 40.4 Å². The summed E-state index contributed by atoms with van der Waals surface area (Å²) in [6.45, 7) is -0.419. The minimum absolute atomic E-state index is 0.0595. The van der Waals surface area contributed by atoms with E-state index in [1.165, 1.54) is 28.9 Å². The third-order valence-electron chi connectivity index (χ3n) is 5.75. The predicted octanol–water partition coefficient (Wildman–Crippen LogP) is 2.36. The van der Waals surface area contributed by atoms with Gasteiger partial charge in [0.2, 0.25) is 5.91 Å². The van der Waals surface area contributed by atoms with Crippen LogP contribution in [0, 0.1) is 15.9 Å². The van der Waals surface area contributed by atoms with Gasteiger partial charge in [-0.15, -0.1) is 0 Å². The Kier molecular flexibility index (Phi) is 6.00. The van der Waals surface area contributed by atoms with Crippen LogP contribution in [0.15, 0.2) is 30.3 Å². The quantitative estimate of drug-likeness (QED) is 0.352. The van der Waals surface area contributed by atoms with Gasteiger partial charge in [-0.05, 0) is 30.9 Å². The molecule has 10 nitrogen and oxygen atoms in total. The molecule has 3 aromatic rings. The summed E-state index contributed by atoms with van der Waals surface area (Å²) < 4.78 is 15.3. The SMILES string of the molecule is NC(=O)c1nn(CC(=O)NCc2cccc(Cl)c2F)c2ccc([N+](=O)[O-])c([C@H]3C[C@H](N)C3)c12. The summed E-state index contributed by atoms with van der Waals surface area (Å²) in [6, 6.07) is 7.12. The summed E-state index contributed by atoms with van der Waals surface area (Å²) in [5.41, 5.74) is 12.0. The van der Waals surface area contributed by atoms with E-state index in [0.29, 0.717) is 23.9 Å². The Morgan fingerprint density at radius 2 is 2.03 bits per heavy atom. The fourth-order valence-corrected chi connectivity index (χ4v) is 4.31. The summed E-state index contributed by atoms with van der Waals surface area (Å²) in [5, 5.41) is 18.6. The summed E-state index contributed by atoms with van der Waals surface area (Å²) in [7, 11) is 0. The number of amides is 2. The number of nitrogens with one attached hydrogen (secondary N) is 1. The highest BCUT2D eigenvalue weighted by atomic mass is 35.5. The number of carbonyl (C=O) groups is 2. The van der Waals surface area contributed by atoms with Gasteiger partial charge in [0.25, 0.3) is 11.6 Å². The van der Waals surface area contributed by atoms with Crippen molar-refractivity contribution in [3.8, 4) is 0 Å². The molecule has 5 N–H and O–H groups in total. The van der Waals surface area contributed by atoms with Crippen LogP contribution in [-0.4, -0.2) is 32.6 Å². The van der Waals surface area contributed by atoms with E-state index in [4.69, 9.17) is 23.1 Å². The molecule has 0 bridgehead atoms. The fourth-order valence-electron chi connectivity index (χ4n) is 4.12. The first-order chi connectivity index (χ1) is 15.7. The Balaban J connectivity index is 1.68. The standard InChI is InChI=1S/C21H20ClFN6O4/c22-13-3-1-2-10(19(13)23)8-26-16(30)9-28-14-4-5-15(29(32)33)17(11-6-12(24)7-11)18(14)20(27-28)21(25)31/h1-5,11-12H,6-9,24H2,(H2,25,31)(H,26,30)/t11-,12-. The molecule has 33 heavy (non-hydrogen) atoms. The highest BCUT2D eigenvalue weighted by Gasteiger charge is 2.36. The van der Waals surface area contributed by atoms with Crippen molar-refractivity contribution in [2.45, 2.75) is 37.9 Å². The third kappa shape index (κ3) is 4.24. The number of halogens is 2. The summed E-state index contributed by atoms with van der Waals surface area (Å²) in [4.78, 5) is 35.8. The van der Waals surface area contributed by atoms with Crippen molar-refractivity contribution in [2.24, 2.45) is 11.5 Å². The number of hydrogen-bond acceptors (Lipinski definition) is 6. The van der Waals surface area contributed by atoms with Crippen LogP contribution in [0.2, 0.25) is 5.02 Å². The van der Waals surface area contributed by atoms with E-state index in [1.807, 2.05) is 0 Å². The molecule has 1 aliphatic rings. The van der Waals surface area contributed by atoms with Crippen LogP contribution in [0.4, 0.5) is 10.1 Å². The van der Waals surface area contributed by atoms with Crippen LogP contribution >= 0.6 is 11.6 Å². The van der Waals surface area contributed by atoms with Crippen LogP contribution in [0.25, 0.3) is 10.9 Å². The van der Waals surface area contributed by atoms with Crippen molar-refractivity contribution in [3.05, 3.63) is 68.1 Å². The van der Waals surface area contributed by atoms with Gasteiger partial charge in [-0.2, -0.15) is 5.10 Å². The van der Waals surface area contributed by atoms with Crippen molar-refractivity contribution in [2.75, 3.05) is 0 Å². The Morgan fingerprint density at radius 3 is 2.67 bits per heavy atom. The molecule has 1 fully saturated rings. The van der Waals surface area contributed by atoms with Crippen LogP contribution in [0.5, 0.6) is 0 Å². The molecule has 0 spiro atoms. The molecule has 2 aromatic carbocycles. The molecular formula is C21H20ClFN6O4. The topological polar surface area (TPSA) is 159 Å². The van der Waals surface area contributed by atoms with Gasteiger partial charge >= 0.3 is 0 Å². The van der Waals surface area contributed by atoms with E-state index in [2.05, 4.69) is 10.4 Å². The Hall–Kier alpha value is -3.57. The second-order valence-electron chi connectivity index (χ2n) is 7.94. The smallest absolute Gasteiger partial charge is 0.273 e. The molecule has 12 heteroatoms. The maximum absolute atomic E-state index is 14.1. The summed E-state index contributed by atoms with van der Waals surface area (Å²) in [6.07, 6.45) is 1.05. The first-order valence-electron chi connectivity index (χ1n) is 10.1. The molecule has 1 aliphatic carbocycles. The monoisotopic (exact) mass is 474 g/mol. The molecule has 0 aliphatic heterocycles. The van der Waals surface area contributed by atoms with Crippen LogP contribution in [-0.2, 0) is 17.9 Å². The van der Waals surface area contributed by atoms with Gasteiger partial charge in [-0.1, -0.05) is 23.7 Å². The first kappa shape index (κ1) is 22.6. The second kappa shape index (κ2) is 8.75. The minimum Gasteiger partial charge on any atom is -0.364 e. The average Bonchev–Trinajstić information content (AvgIpc) is 3.10. The van der Waals surface area contributed by atoms with Crippen molar-refractivity contribution in [1.82, 2.24) is 15.1 Å². The van der Waals surface area contributed by atoms with E-state index in [9.17, 15) is 24.1 Å². The number of rotatable bonds is 7. The lowest BCUT2D eigenvalue weighted by molar-refractivity contribution is -0.385. The number of benzene rings is 2. The summed E-state index contributed by atoms with van der Waals surface area (Å²) >= 11 is 5.76. The molecule has 1 saturated carbocycles. The van der Waals surface area contributed by atoms with E-state index >= 15 is 0 Å². The van der Waals surface area contributed by atoms with Crippen molar-refractivity contribution in [1.29, 1.82) is 0 Å². The first-order valence-corrected chi connectivity index (χ1v) is 10.5. The molecule has 0 saturated heterocycles. The van der Waals surface area contributed by atoms with Gasteiger partial charge < -0.3 is 16.8 Å². The number of nitrogens with two attached hydrogens (primary N) is 2. The normalized spacial score (nSPS) is 17.5. The zero-order chi connectivity index (χ0) is 23.9. The van der Waals surface area contributed by atoms with Gasteiger partial charge in [-0.25, -0.2) is 4.39 Å². The molecular weight excluding hydrogens is 455 g/mol. The number of nitro groups is 1. The molecule has 172 valence electrons. The van der Waals surface area contributed by atoms with Crippen molar-refractivity contribution >= 4 is 40.0 Å². The molecule has 0 unspecified atom stereocenters. The molecule has 4 rings (SSSR count). The highest BCUT2D eigenvalue weighted by Crippen LogP contribution is 2.44. The van der Waals surface area contributed by atoms with Gasteiger partial charge in [0.15, 0.2) is 5.69 Å². The fraction of sp³-hybridized carbons (Fsp3) is 0.286.